The molecule has 0 bridgehead atoms. The van der Waals surface area contributed by atoms with Crippen LogP contribution in [0, 0.1) is 0 Å². The van der Waals surface area contributed by atoms with E-state index in [0.717, 1.165) is 5.52 Å². The molecule has 0 spiro atoms. The van der Waals surface area contributed by atoms with Gasteiger partial charge in [-0.15, -0.1) is 0 Å². The number of benzene rings is 1. The normalized spacial score (nSPS) is 11.4. The van der Waals surface area contributed by atoms with Crippen LogP contribution in [0.4, 0.5) is 0 Å². The summed E-state index contributed by atoms with van der Waals surface area (Å²) in [7, 11) is 3.41. The molecule has 2 aromatic heterocycles. The van der Waals surface area contributed by atoms with E-state index < -0.39 is 0 Å². The molecular formula is C17H19N3O3. The lowest BCUT2D eigenvalue weighted by Crippen LogP contribution is -2.31. The second-order valence-electron chi connectivity index (χ2n) is 5.44. The summed E-state index contributed by atoms with van der Waals surface area (Å²) in [4.78, 5) is 30.3. The highest BCUT2D eigenvalue weighted by atomic mass is 16.5. The predicted molar refractivity (Wildman–Crippen MR) is 90.0 cm³/mol. The monoisotopic (exact) mass is 313 g/mol. The van der Waals surface area contributed by atoms with E-state index in [4.69, 9.17) is 4.74 Å². The number of nitrogens with zero attached hydrogens (tertiary/aromatic N) is 3. The first kappa shape index (κ1) is 15.4. The smallest absolute Gasteiger partial charge is 0.267 e. The number of hydrogen-bond donors (Lipinski definition) is 0. The third-order valence-corrected chi connectivity index (χ3v) is 4.12. The number of rotatable bonds is 4. The molecule has 0 saturated heterocycles. The Morgan fingerprint density at radius 3 is 2.65 bits per heavy atom. The maximum Gasteiger partial charge on any atom is 0.267 e. The molecule has 0 unspecified atom stereocenters. The summed E-state index contributed by atoms with van der Waals surface area (Å²) in [6.07, 6.45) is 0.607. The van der Waals surface area contributed by atoms with Crippen LogP contribution in [0.3, 0.4) is 0 Å². The standard InChI is InChI=1S/C17H19N3O3/c1-4-13-18-16-14(17(22)20(13)9-10-23-3)15(21)11-7-5-6-8-12(11)19(16)2/h5-8H,4,9-10H2,1-3H3. The van der Waals surface area contributed by atoms with Crippen molar-refractivity contribution in [2.75, 3.05) is 13.7 Å². The Bertz CT molecular complexity index is 1000. The molecule has 6 heteroatoms. The van der Waals surface area contributed by atoms with Crippen LogP contribution < -0.4 is 11.0 Å². The molecule has 3 aromatic rings. The first-order valence-corrected chi connectivity index (χ1v) is 7.60. The molecular weight excluding hydrogens is 294 g/mol. The predicted octanol–water partition coefficient (Wildman–Crippen LogP) is 1.46. The van der Waals surface area contributed by atoms with Gasteiger partial charge in [0.2, 0.25) is 5.43 Å². The fourth-order valence-electron chi connectivity index (χ4n) is 2.92. The average molecular weight is 313 g/mol. The van der Waals surface area contributed by atoms with Crippen LogP contribution in [0.1, 0.15) is 12.7 Å². The lowest BCUT2D eigenvalue weighted by atomic mass is 10.1. The number of ether oxygens (including phenoxy) is 1. The quantitative estimate of drug-likeness (QED) is 0.684. The van der Waals surface area contributed by atoms with Crippen LogP contribution in [0.2, 0.25) is 0 Å². The molecule has 0 atom stereocenters. The number of fused-ring (bicyclic) bond motifs is 2. The molecule has 6 nitrogen and oxygen atoms in total. The minimum atomic E-state index is -0.296. The van der Waals surface area contributed by atoms with Gasteiger partial charge >= 0.3 is 0 Å². The zero-order valence-electron chi connectivity index (χ0n) is 13.5. The number of methoxy groups -OCH3 is 1. The summed E-state index contributed by atoms with van der Waals surface area (Å²) >= 11 is 0. The van der Waals surface area contributed by atoms with Crippen LogP contribution in [0.5, 0.6) is 0 Å². The molecule has 2 heterocycles. The minimum Gasteiger partial charge on any atom is -0.383 e. The Hall–Kier alpha value is -2.47. The van der Waals surface area contributed by atoms with Crippen molar-refractivity contribution in [1.29, 1.82) is 0 Å². The number of aryl methyl sites for hydroxylation is 2. The summed E-state index contributed by atoms with van der Waals surface area (Å²) < 4.78 is 8.42. The molecule has 0 aliphatic heterocycles. The van der Waals surface area contributed by atoms with Crippen LogP contribution in [-0.2, 0) is 24.8 Å². The molecule has 0 saturated carbocycles. The third kappa shape index (κ3) is 2.35. The van der Waals surface area contributed by atoms with Crippen molar-refractivity contribution in [1.82, 2.24) is 14.1 Å². The van der Waals surface area contributed by atoms with E-state index in [1.54, 1.807) is 23.8 Å². The molecule has 1 aromatic carbocycles. The van der Waals surface area contributed by atoms with Gasteiger partial charge in [-0.05, 0) is 12.1 Å². The van der Waals surface area contributed by atoms with E-state index >= 15 is 0 Å². The van der Waals surface area contributed by atoms with Gasteiger partial charge < -0.3 is 9.30 Å². The molecule has 0 amide bonds. The van der Waals surface area contributed by atoms with E-state index in [1.807, 2.05) is 30.7 Å². The van der Waals surface area contributed by atoms with E-state index in [0.29, 0.717) is 36.4 Å². The van der Waals surface area contributed by atoms with Gasteiger partial charge in [0.1, 0.15) is 11.2 Å². The fraction of sp³-hybridized carbons (Fsp3) is 0.353. The first-order chi connectivity index (χ1) is 11.1. The molecule has 0 fully saturated rings. The van der Waals surface area contributed by atoms with E-state index in [-0.39, 0.29) is 16.4 Å². The lowest BCUT2D eigenvalue weighted by Gasteiger charge is -2.14. The molecule has 0 aliphatic carbocycles. The van der Waals surface area contributed by atoms with Gasteiger partial charge in [-0.2, -0.15) is 0 Å². The summed E-state index contributed by atoms with van der Waals surface area (Å²) in [6.45, 7) is 2.72. The van der Waals surface area contributed by atoms with Crippen molar-refractivity contribution >= 4 is 21.9 Å². The van der Waals surface area contributed by atoms with Gasteiger partial charge in [-0.1, -0.05) is 19.1 Å². The number of pyridine rings is 1. The Morgan fingerprint density at radius 1 is 1.22 bits per heavy atom. The van der Waals surface area contributed by atoms with Gasteiger partial charge in [0.05, 0.1) is 18.7 Å². The number of aromatic nitrogens is 3. The summed E-state index contributed by atoms with van der Waals surface area (Å²) in [6, 6.07) is 7.27. The summed E-state index contributed by atoms with van der Waals surface area (Å²) in [5.41, 5.74) is 0.646. The second kappa shape index (κ2) is 5.96. The van der Waals surface area contributed by atoms with Crippen molar-refractivity contribution in [2.45, 2.75) is 19.9 Å². The fourth-order valence-corrected chi connectivity index (χ4v) is 2.92. The van der Waals surface area contributed by atoms with Crippen LogP contribution in [0.25, 0.3) is 21.9 Å². The Morgan fingerprint density at radius 2 is 1.96 bits per heavy atom. The average Bonchev–Trinajstić information content (AvgIpc) is 2.58. The van der Waals surface area contributed by atoms with E-state index in [9.17, 15) is 9.59 Å². The third-order valence-electron chi connectivity index (χ3n) is 4.12. The lowest BCUT2D eigenvalue weighted by molar-refractivity contribution is 0.185. The van der Waals surface area contributed by atoms with Crippen molar-refractivity contribution in [3.8, 4) is 0 Å². The van der Waals surface area contributed by atoms with Gasteiger partial charge in [0.25, 0.3) is 5.56 Å². The highest BCUT2D eigenvalue weighted by Gasteiger charge is 2.17. The van der Waals surface area contributed by atoms with Gasteiger partial charge in [0.15, 0.2) is 5.65 Å². The highest BCUT2D eigenvalue weighted by molar-refractivity contribution is 5.91. The zero-order chi connectivity index (χ0) is 16.6. The highest BCUT2D eigenvalue weighted by Crippen LogP contribution is 2.15. The number of hydrogen-bond acceptors (Lipinski definition) is 4. The van der Waals surface area contributed by atoms with Crippen molar-refractivity contribution in [3.63, 3.8) is 0 Å². The Kier molecular flexibility index (Phi) is 4.00. The Labute approximate surface area is 132 Å². The number of para-hydroxylation sites is 1. The Balaban J connectivity index is 2.50. The molecule has 23 heavy (non-hydrogen) atoms. The van der Waals surface area contributed by atoms with Crippen molar-refractivity contribution in [2.24, 2.45) is 7.05 Å². The van der Waals surface area contributed by atoms with Crippen LogP contribution in [-0.4, -0.2) is 27.8 Å². The van der Waals surface area contributed by atoms with Crippen molar-refractivity contribution in [3.05, 3.63) is 50.7 Å². The molecule has 0 radical (unpaired) electrons. The maximum absolute atomic E-state index is 12.9. The van der Waals surface area contributed by atoms with Gasteiger partial charge in [-0.3, -0.25) is 14.2 Å². The SMILES string of the molecule is CCc1nc2c(c(=O)c3ccccc3n2C)c(=O)n1CCOC. The second-order valence-corrected chi connectivity index (χ2v) is 5.44. The van der Waals surface area contributed by atoms with E-state index in [1.165, 1.54) is 0 Å². The van der Waals surface area contributed by atoms with E-state index in [2.05, 4.69) is 4.98 Å². The molecule has 3 rings (SSSR count). The molecule has 120 valence electrons. The molecule has 0 aliphatic rings. The van der Waals surface area contributed by atoms with Crippen molar-refractivity contribution < 1.29 is 4.74 Å². The summed E-state index contributed by atoms with van der Waals surface area (Å²) in [5, 5.41) is 0.670. The topological polar surface area (TPSA) is 66.1 Å². The van der Waals surface area contributed by atoms with Gasteiger partial charge in [0, 0.05) is 26.0 Å². The largest absolute Gasteiger partial charge is 0.383 e. The van der Waals surface area contributed by atoms with Crippen LogP contribution >= 0.6 is 0 Å². The van der Waals surface area contributed by atoms with Crippen LogP contribution in [0.15, 0.2) is 33.9 Å². The zero-order valence-corrected chi connectivity index (χ0v) is 13.5. The minimum absolute atomic E-state index is 0.138. The first-order valence-electron chi connectivity index (χ1n) is 7.60. The summed E-state index contributed by atoms with van der Waals surface area (Å²) in [5.74, 6) is 0.657. The van der Waals surface area contributed by atoms with Gasteiger partial charge in [-0.25, -0.2) is 4.98 Å². The molecule has 0 N–H and O–H groups in total. The maximum atomic E-state index is 12.9.